The number of carbonyl (C=O) groups is 1. The van der Waals surface area contributed by atoms with Gasteiger partial charge in [-0.3, -0.25) is 10.2 Å². The number of hydrogen-bond donors (Lipinski definition) is 2. The number of nitrogens with zero attached hydrogens (tertiary/aromatic N) is 1. The molecule has 1 saturated heterocycles. The second kappa shape index (κ2) is 12.5. The van der Waals surface area contributed by atoms with Gasteiger partial charge in [-0.25, -0.2) is 5.01 Å². The van der Waals surface area contributed by atoms with Gasteiger partial charge in [0.15, 0.2) is 23.0 Å². The standard InChI is InChI=1S/C26H37N3O5/c1-18(2)17-34-25-15-20(10-12-23(25)32-4)28-26(30)21-8-6-7-13-29(21)27-16-19-9-11-22(31-3)24(14-19)33-5/h9-12,14-15,18,21,27H,6-8,13,16-17H2,1-5H3,(H,28,30)/t21-/m0/s1. The number of nitrogens with one attached hydrogen (secondary N) is 2. The van der Waals surface area contributed by atoms with Crippen LogP contribution in [0.2, 0.25) is 0 Å². The molecule has 0 spiro atoms. The minimum absolute atomic E-state index is 0.0421. The van der Waals surface area contributed by atoms with Gasteiger partial charge in [0.2, 0.25) is 5.91 Å². The summed E-state index contributed by atoms with van der Waals surface area (Å²) in [6.07, 6.45) is 2.84. The summed E-state index contributed by atoms with van der Waals surface area (Å²) in [5.41, 5.74) is 5.17. The average Bonchev–Trinajstić information content (AvgIpc) is 2.86. The summed E-state index contributed by atoms with van der Waals surface area (Å²) in [5.74, 6) is 2.99. The van der Waals surface area contributed by atoms with E-state index in [9.17, 15) is 4.79 Å². The molecule has 0 bridgehead atoms. The molecule has 8 heteroatoms. The van der Waals surface area contributed by atoms with Crippen LogP contribution in [0.5, 0.6) is 23.0 Å². The average molecular weight is 472 g/mol. The number of anilines is 1. The van der Waals surface area contributed by atoms with E-state index >= 15 is 0 Å². The Kier molecular flexibility index (Phi) is 9.42. The van der Waals surface area contributed by atoms with Crippen molar-refractivity contribution >= 4 is 11.6 Å². The number of piperidine rings is 1. The maximum atomic E-state index is 13.2. The van der Waals surface area contributed by atoms with Crippen LogP contribution in [0.4, 0.5) is 5.69 Å². The predicted octanol–water partition coefficient (Wildman–Crippen LogP) is 4.25. The first-order valence-corrected chi connectivity index (χ1v) is 11.8. The third kappa shape index (κ3) is 6.77. The lowest BCUT2D eigenvalue weighted by Crippen LogP contribution is -2.53. The van der Waals surface area contributed by atoms with Gasteiger partial charge in [-0.15, -0.1) is 0 Å². The molecule has 1 aliphatic rings. The summed E-state index contributed by atoms with van der Waals surface area (Å²) in [5, 5.41) is 5.10. The maximum absolute atomic E-state index is 13.2. The molecule has 2 N–H and O–H groups in total. The molecule has 0 unspecified atom stereocenters. The first-order valence-electron chi connectivity index (χ1n) is 11.8. The van der Waals surface area contributed by atoms with Gasteiger partial charge in [-0.1, -0.05) is 19.9 Å². The van der Waals surface area contributed by atoms with Crippen molar-refractivity contribution in [2.75, 3.05) is 39.8 Å². The Morgan fingerprint density at radius 1 is 0.971 bits per heavy atom. The molecular weight excluding hydrogens is 434 g/mol. The number of benzene rings is 2. The fraction of sp³-hybridized carbons (Fsp3) is 0.500. The molecule has 0 aromatic heterocycles. The van der Waals surface area contributed by atoms with Gasteiger partial charge in [0.25, 0.3) is 0 Å². The zero-order valence-electron chi connectivity index (χ0n) is 20.8. The fourth-order valence-electron chi connectivity index (χ4n) is 3.93. The molecule has 0 aliphatic carbocycles. The van der Waals surface area contributed by atoms with Gasteiger partial charge in [-0.2, -0.15) is 0 Å². The molecule has 1 aliphatic heterocycles. The van der Waals surface area contributed by atoms with E-state index in [0.29, 0.717) is 47.8 Å². The highest BCUT2D eigenvalue weighted by molar-refractivity contribution is 5.95. The monoisotopic (exact) mass is 471 g/mol. The van der Waals surface area contributed by atoms with Gasteiger partial charge in [0, 0.05) is 24.8 Å². The largest absolute Gasteiger partial charge is 0.493 e. The number of ether oxygens (including phenoxy) is 4. The number of carbonyl (C=O) groups excluding carboxylic acids is 1. The van der Waals surface area contributed by atoms with Crippen LogP contribution >= 0.6 is 0 Å². The second-order valence-corrected chi connectivity index (χ2v) is 8.79. The lowest BCUT2D eigenvalue weighted by atomic mass is 10.0. The molecule has 186 valence electrons. The highest BCUT2D eigenvalue weighted by Crippen LogP contribution is 2.31. The Morgan fingerprint density at radius 3 is 2.38 bits per heavy atom. The van der Waals surface area contributed by atoms with Crippen molar-refractivity contribution < 1.29 is 23.7 Å². The first kappa shape index (κ1) is 25.6. The van der Waals surface area contributed by atoms with Crippen molar-refractivity contribution in [1.29, 1.82) is 0 Å². The summed E-state index contributed by atoms with van der Waals surface area (Å²) in [4.78, 5) is 13.2. The van der Waals surface area contributed by atoms with E-state index in [1.807, 2.05) is 41.4 Å². The zero-order chi connectivity index (χ0) is 24.5. The summed E-state index contributed by atoms with van der Waals surface area (Å²) < 4.78 is 22.0. The molecule has 1 amide bonds. The molecule has 1 heterocycles. The number of rotatable bonds is 11. The van der Waals surface area contributed by atoms with Gasteiger partial charge >= 0.3 is 0 Å². The number of hydrazine groups is 1. The maximum Gasteiger partial charge on any atom is 0.243 e. The number of methoxy groups -OCH3 is 3. The molecule has 8 nitrogen and oxygen atoms in total. The van der Waals surface area contributed by atoms with Crippen LogP contribution in [0, 0.1) is 5.92 Å². The van der Waals surface area contributed by atoms with E-state index in [2.05, 4.69) is 24.6 Å². The smallest absolute Gasteiger partial charge is 0.243 e. The van der Waals surface area contributed by atoms with Gasteiger partial charge in [0.05, 0.1) is 27.9 Å². The molecule has 0 saturated carbocycles. The number of hydrogen-bond acceptors (Lipinski definition) is 7. The van der Waals surface area contributed by atoms with Gasteiger partial charge in [0.1, 0.15) is 6.04 Å². The highest BCUT2D eigenvalue weighted by Gasteiger charge is 2.29. The van der Waals surface area contributed by atoms with E-state index in [0.717, 1.165) is 31.4 Å². The minimum Gasteiger partial charge on any atom is -0.493 e. The van der Waals surface area contributed by atoms with Crippen molar-refractivity contribution in [2.45, 2.75) is 45.7 Å². The van der Waals surface area contributed by atoms with E-state index in [1.165, 1.54) is 0 Å². The molecule has 2 aromatic rings. The quantitative estimate of drug-likeness (QED) is 0.507. The van der Waals surface area contributed by atoms with E-state index in [4.69, 9.17) is 18.9 Å². The lowest BCUT2D eigenvalue weighted by Gasteiger charge is -2.35. The lowest BCUT2D eigenvalue weighted by molar-refractivity contribution is -0.124. The Morgan fingerprint density at radius 2 is 1.68 bits per heavy atom. The molecule has 2 aromatic carbocycles. The van der Waals surface area contributed by atoms with Crippen LogP contribution in [0.25, 0.3) is 0 Å². The molecule has 0 radical (unpaired) electrons. The minimum atomic E-state index is -0.268. The SMILES string of the molecule is COc1ccc(CNN2CCCC[C@H]2C(=O)Nc2ccc(OC)c(OCC(C)C)c2)cc1OC. The van der Waals surface area contributed by atoms with Crippen LogP contribution in [0.1, 0.15) is 38.7 Å². The third-order valence-electron chi connectivity index (χ3n) is 5.74. The van der Waals surface area contributed by atoms with E-state index in [-0.39, 0.29) is 11.9 Å². The van der Waals surface area contributed by atoms with Gasteiger partial charge < -0.3 is 24.3 Å². The summed E-state index contributed by atoms with van der Waals surface area (Å²) in [6, 6.07) is 11.0. The molecular formula is C26H37N3O5. The van der Waals surface area contributed by atoms with Crippen LogP contribution in [-0.2, 0) is 11.3 Å². The van der Waals surface area contributed by atoms with Crippen LogP contribution < -0.4 is 29.7 Å². The third-order valence-corrected chi connectivity index (χ3v) is 5.74. The summed E-state index contributed by atoms with van der Waals surface area (Å²) >= 11 is 0. The van der Waals surface area contributed by atoms with Crippen molar-refractivity contribution in [3.8, 4) is 23.0 Å². The fourth-order valence-corrected chi connectivity index (χ4v) is 3.93. The second-order valence-electron chi connectivity index (χ2n) is 8.79. The number of amides is 1. The first-order chi connectivity index (χ1) is 16.4. The predicted molar refractivity (Wildman–Crippen MR) is 133 cm³/mol. The van der Waals surface area contributed by atoms with Crippen molar-refractivity contribution in [3.63, 3.8) is 0 Å². The highest BCUT2D eigenvalue weighted by atomic mass is 16.5. The van der Waals surface area contributed by atoms with Crippen molar-refractivity contribution in [3.05, 3.63) is 42.0 Å². The summed E-state index contributed by atoms with van der Waals surface area (Å²) in [6.45, 7) is 6.14. The van der Waals surface area contributed by atoms with Crippen LogP contribution in [0.15, 0.2) is 36.4 Å². The molecule has 34 heavy (non-hydrogen) atoms. The van der Waals surface area contributed by atoms with Crippen LogP contribution in [0.3, 0.4) is 0 Å². The van der Waals surface area contributed by atoms with E-state index in [1.54, 1.807) is 21.3 Å². The Hall–Kier alpha value is -2.97. The van der Waals surface area contributed by atoms with Crippen molar-refractivity contribution in [2.24, 2.45) is 5.92 Å². The molecule has 1 fully saturated rings. The molecule has 3 rings (SSSR count). The van der Waals surface area contributed by atoms with Crippen LogP contribution in [-0.4, -0.2) is 51.4 Å². The normalized spacial score (nSPS) is 16.2. The Labute approximate surface area is 202 Å². The Bertz CT molecular complexity index is 950. The van der Waals surface area contributed by atoms with Gasteiger partial charge in [-0.05, 0) is 55.0 Å². The Balaban J connectivity index is 1.65. The topological polar surface area (TPSA) is 81.3 Å². The van der Waals surface area contributed by atoms with Crippen molar-refractivity contribution in [1.82, 2.24) is 10.4 Å². The zero-order valence-corrected chi connectivity index (χ0v) is 20.8. The molecule has 1 atom stereocenters. The summed E-state index contributed by atoms with van der Waals surface area (Å²) in [7, 11) is 4.85. The van der Waals surface area contributed by atoms with E-state index < -0.39 is 0 Å².